The van der Waals surface area contributed by atoms with E-state index in [9.17, 15) is 0 Å². The zero-order valence-corrected chi connectivity index (χ0v) is 11.9. The van der Waals surface area contributed by atoms with Crippen LogP contribution in [-0.4, -0.2) is 36.4 Å². The van der Waals surface area contributed by atoms with Crippen molar-refractivity contribution in [2.45, 2.75) is 18.9 Å². The van der Waals surface area contributed by atoms with Crippen LogP contribution in [0.1, 0.15) is 12.8 Å². The van der Waals surface area contributed by atoms with Gasteiger partial charge in [0, 0.05) is 24.7 Å². The molecule has 1 aromatic carbocycles. The molecule has 1 aliphatic heterocycles. The van der Waals surface area contributed by atoms with Crippen LogP contribution in [0.15, 0.2) is 30.3 Å². The number of nitrogens with one attached hydrogen (secondary N) is 1. The van der Waals surface area contributed by atoms with Crippen molar-refractivity contribution < 1.29 is 0 Å². The van der Waals surface area contributed by atoms with Crippen molar-refractivity contribution in [1.82, 2.24) is 15.5 Å². The summed E-state index contributed by atoms with van der Waals surface area (Å²) >= 11 is 1.68. The Kier molecular flexibility index (Phi) is 3.75. The van der Waals surface area contributed by atoms with Crippen molar-refractivity contribution in [3.05, 3.63) is 30.3 Å². The second-order valence-corrected chi connectivity index (χ2v) is 5.76. The number of anilines is 1. The maximum atomic E-state index is 4.34. The van der Waals surface area contributed by atoms with E-state index < -0.39 is 0 Å². The molecule has 5 heteroatoms. The Morgan fingerprint density at radius 2 is 1.89 bits per heavy atom. The molecular weight excluding hydrogens is 256 g/mol. The van der Waals surface area contributed by atoms with E-state index in [1.165, 1.54) is 12.8 Å². The summed E-state index contributed by atoms with van der Waals surface area (Å²) in [6.45, 7) is 2.13. The van der Waals surface area contributed by atoms with Gasteiger partial charge in [0.1, 0.15) is 5.01 Å². The summed E-state index contributed by atoms with van der Waals surface area (Å²) in [6, 6.07) is 10.9. The second kappa shape index (κ2) is 5.67. The van der Waals surface area contributed by atoms with Gasteiger partial charge in [0.15, 0.2) is 0 Å². The average molecular weight is 274 g/mol. The zero-order chi connectivity index (χ0) is 13.1. The highest BCUT2D eigenvalue weighted by molar-refractivity contribution is 7.18. The van der Waals surface area contributed by atoms with Gasteiger partial charge in [-0.05, 0) is 19.9 Å². The Balaban J connectivity index is 1.72. The molecule has 1 aliphatic rings. The normalized spacial score (nSPS) is 16.8. The van der Waals surface area contributed by atoms with Gasteiger partial charge in [0.25, 0.3) is 0 Å². The fourth-order valence-electron chi connectivity index (χ4n) is 2.40. The Bertz CT molecular complexity index is 517. The minimum Gasteiger partial charge on any atom is -0.347 e. The molecule has 19 heavy (non-hydrogen) atoms. The lowest BCUT2D eigenvalue weighted by Gasteiger charge is -2.31. The van der Waals surface area contributed by atoms with Gasteiger partial charge in [-0.15, -0.1) is 10.2 Å². The van der Waals surface area contributed by atoms with Crippen LogP contribution < -0.4 is 10.2 Å². The SMILES string of the molecule is CNC1CCN(c2nnc(-c3ccccc3)s2)CC1. The molecule has 1 saturated heterocycles. The molecular formula is C14H18N4S. The molecule has 3 rings (SSSR count). The summed E-state index contributed by atoms with van der Waals surface area (Å²) in [7, 11) is 2.04. The first kappa shape index (κ1) is 12.6. The summed E-state index contributed by atoms with van der Waals surface area (Å²) in [4.78, 5) is 2.35. The number of benzene rings is 1. The van der Waals surface area contributed by atoms with Crippen LogP contribution >= 0.6 is 11.3 Å². The average Bonchev–Trinajstić information content (AvgIpc) is 2.98. The Labute approximate surface area is 117 Å². The molecule has 1 aromatic heterocycles. The number of aromatic nitrogens is 2. The Morgan fingerprint density at radius 3 is 2.58 bits per heavy atom. The quantitative estimate of drug-likeness (QED) is 0.933. The zero-order valence-electron chi connectivity index (χ0n) is 11.0. The summed E-state index contributed by atoms with van der Waals surface area (Å²) < 4.78 is 0. The molecule has 0 radical (unpaired) electrons. The molecule has 1 fully saturated rings. The molecule has 0 bridgehead atoms. The first-order valence-corrected chi connectivity index (χ1v) is 7.49. The van der Waals surface area contributed by atoms with E-state index in [1.807, 2.05) is 25.2 Å². The number of piperidine rings is 1. The molecule has 0 saturated carbocycles. The highest BCUT2D eigenvalue weighted by atomic mass is 32.1. The number of hydrogen-bond donors (Lipinski definition) is 1. The van der Waals surface area contributed by atoms with Crippen LogP contribution in [0, 0.1) is 0 Å². The molecule has 0 spiro atoms. The van der Waals surface area contributed by atoms with Crippen molar-refractivity contribution in [2.75, 3.05) is 25.0 Å². The van der Waals surface area contributed by atoms with Gasteiger partial charge >= 0.3 is 0 Å². The maximum Gasteiger partial charge on any atom is 0.208 e. The first-order valence-electron chi connectivity index (χ1n) is 6.68. The van der Waals surface area contributed by atoms with Gasteiger partial charge in [-0.2, -0.15) is 0 Å². The largest absolute Gasteiger partial charge is 0.347 e. The lowest BCUT2D eigenvalue weighted by Crippen LogP contribution is -2.41. The van der Waals surface area contributed by atoms with E-state index in [4.69, 9.17) is 0 Å². The van der Waals surface area contributed by atoms with E-state index in [-0.39, 0.29) is 0 Å². The first-order chi connectivity index (χ1) is 9.36. The molecule has 0 amide bonds. The van der Waals surface area contributed by atoms with Gasteiger partial charge in [-0.1, -0.05) is 41.7 Å². The molecule has 1 N–H and O–H groups in total. The molecule has 2 heterocycles. The van der Waals surface area contributed by atoms with Crippen LogP contribution in [-0.2, 0) is 0 Å². The van der Waals surface area contributed by atoms with E-state index >= 15 is 0 Å². The third-order valence-electron chi connectivity index (χ3n) is 3.61. The standard InChI is InChI=1S/C14H18N4S/c1-15-12-7-9-18(10-8-12)14-17-16-13(19-14)11-5-3-2-4-6-11/h2-6,12,15H,7-10H2,1H3. The minimum atomic E-state index is 0.651. The summed E-state index contributed by atoms with van der Waals surface area (Å²) in [5.41, 5.74) is 1.15. The topological polar surface area (TPSA) is 41.0 Å². The lowest BCUT2D eigenvalue weighted by molar-refractivity contribution is 0.442. The molecule has 0 atom stereocenters. The molecule has 0 unspecified atom stereocenters. The smallest absolute Gasteiger partial charge is 0.208 e. The number of hydrogen-bond acceptors (Lipinski definition) is 5. The molecule has 100 valence electrons. The van der Waals surface area contributed by atoms with E-state index in [2.05, 4.69) is 32.5 Å². The maximum absolute atomic E-state index is 4.34. The number of nitrogens with zero attached hydrogens (tertiary/aromatic N) is 3. The lowest BCUT2D eigenvalue weighted by atomic mass is 10.1. The van der Waals surface area contributed by atoms with E-state index in [0.29, 0.717) is 6.04 Å². The van der Waals surface area contributed by atoms with Crippen molar-refractivity contribution in [3.63, 3.8) is 0 Å². The second-order valence-electron chi connectivity index (χ2n) is 4.81. The Hall–Kier alpha value is -1.46. The van der Waals surface area contributed by atoms with E-state index in [0.717, 1.165) is 28.8 Å². The van der Waals surface area contributed by atoms with Crippen LogP contribution in [0.25, 0.3) is 10.6 Å². The molecule has 0 aliphatic carbocycles. The van der Waals surface area contributed by atoms with Gasteiger partial charge in [-0.3, -0.25) is 0 Å². The van der Waals surface area contributed by atoms with Gasteiger partial charge in [0.05, 0.1) is 0 Å². The van der Waals surface area contributed by atoms with Gasteiger partial charge in [0.2, 0.25) is 5.13 Å². The monoisotopic (exact) mass is 274 g/mol. The fourth-order valence-corrected chi connectivity index (χ4v) is 3.30. The number of rotatable bonds is 3. The van der Waals surface area contributed by atoms with Crippen LogP contribution in [0.5, 0.6) is 0 Å². The highest BCUT2D eigenvalue weighted by Crippen LogP contribution is 2.29. The summed E-state index contributed by atoms with van der Waals surface area (Å²) in [5, 5.41) is 14.1. The molecule has 2 aromatic rings. The predicted molar refractivity (Wildman–Crippen MR) is 79.6 cm³/mol. The van der Waals surface area contributed by atoms with Crippen LogP contribution in [0.2, 0.25) is 0 Å². The minimum absolute atomic E-state index is 0.651. The highest BCUT2D eigenvalue weighted by Gasteiger charge is 2.20. The van der Waals surface area contributed by atoms with Crippen LogP contribution in [0.3, 0.4) is 0 Å². The van der Waals surface area contributed by atoms with Gasteiger partial charge in [-0.25, -0.2) is 0 Å². The third-order valence-corrected chi connectivity index (χ3v) is 4.64. The fraction of sp³-hybridized carbons (Fsp3) is 0.429. The predicted octanol–water partition coefficient (Wildman–Crippen LogP) is 2.39. The van der Waals surface area contributed by atoms with Crippen LogP contribution in [0.4, 0.5) is 5.13 Å². The van der Waals surface area contributed by atoms with Gasteiger partial charge < -0.3 is 10.2 Å². The Morgan fingerprint density at radius 1 is 1.16 bits per heavy atom. The molecule has 4 nitrogen and oxygen atoms in total. The van der Waals surface area contributed by atoms with Crippen molar-refractivity contribution >= 4 is 16.5 Å². The summed E-state index contributed by atoms with van der Waals surface area (Å²) in [6.07, 6.45) is 2.35. The third kappa shape index (κ3) is 2.77. The van der Waals surface area contributed by atoms with Crippen molar-refractivity contribution in [1.29, 1.82) is 0 Å². The summed E-state index contributed by atoms with van der Waals surface area (Å²) in [5.74, 6) is 0. The van der Waals surface area contributed by atoms with E-state index in [1.54, 1.807) is 11.3 Å². The van der Waals surface area contributed by atoms with Crippen molar-refractivity contribution in [2.24, 2.45) is 0 Å². The van der Waals surface area contributed by atoms with Crippen molar-refractivity contribution in [3.8, 4) is 10.6 Å².